The van der Waals surface area contributed by atoms with E-state index in [0.717, 1.165) is 0 Å². The number of ether oxygens (including phenoxy) is 2. The van der Waals surface area contributed by atoms with Gasteiger partial charge in [0.25, 0.3) is 5.91 Å². The Bertz CT molecular complexity index is 813. The second-order valence-electron chi connectivity index (χ2n) is 8.48. The predicted octanol–water partition coefficient (Wildman–Crippen LogP) is 2.15. The lowest BCUT2D eigenvalue weighted by atomic mass is 10.1. The molecule has 9 heteroatoms. The lowest BCUT2D eigenvalue weighted by molar-refractivity contribution is -0.146. The first kappa shape index (κ1) is 24.7. The molecule has 0 spiro atoms. The fraction of sp³-hybridized carbons (Fsp3) is 0.545. The number of rotatable bonds is 12. The number of hydrogen-bond acceptors (Lipinski definition) is 6. The highest BCUT2D eigenvalue weighted by Crippen LogP contribution is 2.41. The maximum absolute atomic E-state index is 12.6. The van der Waals surface area contributed by atoms with Gasteiger partial charge in [-0.3, -0.25) is 19.2 Å². The lowest BCUT2D eigenvalue weighted by Gasteiger charge is -2.52. The Hall–Kier alpha value is -2.52. The van der Waals surface area contributed by atoms with E-state index in [9.17, 15) is 19.2 Å². The van der Waals surface area contributed by atoms with Gasteiger partial charge in [-0.15, -0.1) is 0 Å². The zero-order valence-corrected chi connectivity index (χ0v) is 19.7. The number of carbonyl (C=O) groups is 4. The van der Waals surface area contributed by atoms with Gasteiger partial charge in [0.15, 0.2) is 14.0 Å². The Labute approximate surface area is 184 Å². The number of esters is 1. The van der Waals surface area contributed by atoms with Crippen molar-refractivity contribution in [1.82, 2.24) is 9.88 Å². The largest absolute Gasteiger partial charge is 0.466 e. The van der Waals surface area contributed by atoms with Crippen molar-refractivity contribution in [3.63, 3.8) is 0 Å². The number of hydrogen-bond donors (Lipinski definition) is 1. The molecule has 1 fully saturated rings. The summed E-state index contributed by atoms with van der Waals surface area (Å²) >= 11 is 0. The first-order valence-corrected chi connectivity index (χ1v) is 13.4. The van der Waals surface area contributed by atoms with Crippen LogP contribution in [0.2, 0.25) is 18.1 Å². The minimum atomic E-state index is -2.38. The summed E-state index contributed by atoms with van der Waals surface area (Å²) in [5.74, 6) is -1.04. The minimum Gasteiger partial charge on any atom is -0.466 e. The fourth-order valence-electron chi connectivity index (χ4n) is 3.46. The molecule has 0 saturated carbocycles. The molecule has 8 nitrogen and oxygen atoms in total. The molecular weight excluding hydrogens is 416 g/mol. The van der Waals surface area contributed by atoms with Gasteiger partial charge >= 0.3 is 5.97 Å². The first-order chi connectivity index (χ1) is 14.6. The summed E-state index contributed by atoms with van der Waals surface area (Å²) in [5, 5.41) is 2.43. The normalized spacial score (nSPS) is 15.6. The SMILES string of the molecule is CCOC(=O)CC(=O)COCC(C)(CNC(=O)c1ccccc1)[Si](C)(C)N1CCC1=O. The third-order valence-corrected chi connectivity index (χ3v) is 11.1. The van der Waals surface area contributed by atoms with Crippen molar-refractivity contribution in [3.05, 3.63) is 35.9 Å². The predicted molar refractivity (Wildman–Crippen MR) is 118 cm³/mol. The molecular formula is C22H32N2O6Si. The van der Waals surface area contributed by atoms with E-state index >= 15 is 0 Å². The fourth-order valence-corrected chi connectivity index (χ4v) is 6.49. The van der Waals surface area contributed by atoms with Gasteiger partial charge in [-0.25, -0.2) is 0 Å². The van der Waals surface area contributed by atoms with E-state index in [2.05, 4.69) is 18.4 Å². The minimum absolute atomic E-state index is 0.107. The molecule has 1 aliphatic rings. The van der Waals surface area contributed by atoms with Gasteiger partial charge in [-0.05, 0) is 19.1 Å². The second kappa shape index (κ2) is 10.7. The van der Waals surface area contributed by atoms with Crippen molar-refractivity contribution in [2.45, 2.75) is 44.8 Å². The molecule has 31 heavy (non-hydrogen) atoms. The highest BCUT2D eigenvalue weighted by molar-refractivity contribution is 6.80. The summed E-state index contributed by atoms with van der Waals surface area (Å²) in [6, 6.07) is 8.90. The van der Waals surface area contributed by atoms with Crippen LogP contribution in [0.3, 0.4) is 0 Å². The van der Waals surface area contributed by atoms with Gasteiger partial charge < -0.3 is 19.4 Å². The van der Waals surface area contributed by atoms with Crippen LogP contribution < -0.4 is 5.32 Å². The van der Waals surface area contributed by atoms with E-state index in [1.165, 1.54) is 0 Å². The summed E-state index contributed by atoms with van der Waals surface area (Å²) in [6.07, 6.45) is 0.197. The second-order valence-corrected chi connectivity index (χ2v) is 13.3. The monoisotopic (exact) mass is 448 g/mol. The number of nitrogens with zero attached hydrogens (tertiary/aromatic N) is 1. The topological polar surface area (TPSA) is 102 Å². The number of nitrogens with one attached hydrogen (secondary N) is 1. The van der Waals surface area contributed by atoms with Gasteiger partial charge in [0.2, 0.25) is 5.91 Å². The van der Waals surface area contributed by atoms with Crippen molar-refractivity contribution < 1.29 is 28.7 Å². The Morgan fingerprint density at radius 1 is 1.19 bits per heavy atom. The molecule has 1 atom stereocenters. The third-order valence-electron chi connectivity index (χ3n) is 6.01. The highest BCUT2D eigenvalue weighted by atomic mass is 28.3. The maximum Gasteiger partial charge on any atom is 0.313 e. The molecule has 0 bridgehead atoms. The Morgan fingerprint density at radius 3 is 2.42 bits per heavy atom. The number of benzene rings is 1. The van der Waals surface area contributed by atoms with Gasteiger partial charge in [-0.2, -0.15) is 0 Å². The number of β-lactam (4-membered cyclic amide) rings is 1. The number of carbonyl (C=O) groups excluding carboxylic acids is 4. The molecule has 2 rings (SSSR count). The van der Waals surface area contributed by atoms with Crippen LogP contribution in [0.25, 0.3) is 0 Å². The van der Waals surface area contributed by atoms with Crippen LogP contribution in [-0.2, 0) is 23.9 Å². The van der Waals surface area contributed by atoms with Crippen molar-refractivity contribution in [3.8, 4) is 0 Å². The van der Waals surface area contributed by atoms with E-state index in [1.807, 2.05) is 17.6 Å². The summed E-state index contributed by atoms with van der Waals surface area (Å²) in [4.78, 5) is 48.2. The van der Waals surface area contributed by atoms with Crippen LogP contribution in [0, 0.1) is 0 Å². The average Bonchev–Trinajstić information content (AvgIpc) is 2.71. The molecule has 2 amide bonds. The molecule has 1 N–H and O–H groups in total. The molecule has 1 aromatic carbocycles. The molecule has 0 radical (unpaired) electrons. The number of amides is 2. The summed E-state index contributed by atoms with van der Waals surface area (Å²) in [6.45, 7) is 8.97. The zero-order chi connectivity index (χ0) is 23.1. The lowest BCUT2D eigenvalue weighted by Crippen LogP contribution is -2.67. The van der Waals surface area contributed by atoms with Crippen molar-refractivity contribution in [2.75, 3.05) is 32.9 Å². The van der Waals surface area contributed by atoms with Gasteiger partial charge in [0.1, 0.15) is 13.0 Å². The van der Waals surface area contributed by atoms with Crippen LogP contribution in [0.1, 0.15) is 37.0 Å². The van der Waals surface area contributed by atoms with E-state index in [1.54, 1.807) is 31.2 Å². The molecule has 1 heterocycles. The highest BCUT2D eigenvalue weighted by Gasteiger charge is 2.52. The molecule has 0 aliphatic carbocycles. The van der Waals surface area contributed by atoms with E-state index in [-0.39, 0.29) is 43.8 Å². The number of ketones is 1. The van der Waals surface area contributed by atoms with Gasteiger partial charge in [0.05, 0.1) is 13.2 Å². The van der Waals surface area contributed by atoms with Crippen molar-refractivity contribution in [2.24, 2.45) is 0 Å². The number of Topliss-reactive ketones (excluding diaryl/α,β-unsaturated/α-hetero) is 1. The first-order valence-electron chi connectivity index (χ1n) is 10.5. The molecule has 1 unspecified atom stereocenters. The van der Waals surface area contributed by atoms with Gasteiger partial charge in [0, 0.05) is 30.1 Å². The summed E-state index contributed by atoms with van der Waals surface area (Å²) < 4.78 is 12.4. The third kappa shape index (κ3) is 6.24. The quantitative estimate of drug-likeness (QED) is 0.228. The molecule has 1 aliphatic heterocycles. The van der Waals surface area contributed by atoms with Crippen LogP contribution in [0.15, 0.2) is 30.3 Å². The molecule has 1 saturated heterocycles. The molecule has 170 valence electrons. The van der Waals surface area contributed by atoms with Crippen molar-refractivity contribution >= 4 is 31.8 Å². The van der Waals surface area contributed by atoms with E-state index < -0.39 is 19.2 Å². The van der Waals surface area contributed by atoms with Crippen LogP contribution >= 0.6 is 0 Å². The molecule has 1 aromatic rings. The summed E-state index contributed by atoms with van der Waals surface area (Å²) in [5.41, 5.74) is 0.551. The Balaban J connectivity index is 2.05. The van der Waals surface area contributed by atoms with Crippen molar-refractivity contribution in [1.29, 1.82) is 0 Å². The summed E-state index contributed by atoms with van der Waals surface area (Å²) in [7, 11) is -2.38. The smallest absolute Gasteiger partial charge is 0.313 e. The Morgan fingerprint density at radius 2 is 1.87 bits per heavy atom. The van der Waals surface area contributed by atoms with Crippen LogP contribution in [0.5, 0.6) is 0 Å². The average molecular weight is 449 g/mol. The van der Waals surface area contributed by atoms with E-state index in [4.69, 9.17) is 9.47 Å². The van der Waals surface area contributed by atoms with Crippen LogP contribution in [-0.4, -0.2) is 69.3 Å². The molecule has 0 aromatic heterocycles. The van der Waals surface area contributed by atoms with E-state index in [0.29, 0.717) is 25.1 Å². The Kier molecular flexibility index (Phi) is 8.52. The van der Waals surface area contributed by atoms with Crippen LogP contribution in [0.4, 0.5) is 0 Å². The standard InChI is InChI=1S/C22H32N2O6Si/c1-5-30-20(27)13-18(25)14-29-16-22(2,31(3,4)24-12-11-19(24)26)15-23-21(28)17-9-7-6-8-10-17/h6-10H,5,11-16H2,1-4H3,(H,23,28). The zero-order valence-electron chi connectivity index (χ0n) is 18.7. The maximum atomic E-state index is 12.6. The van der Waals surface area contributed by atoms with Gasteiger partial charge in [-0.1, -0.05) is 38.2 Å².